The van der Waals surface area contributed by atoms with Crippen LogP contribution in [-0.4, -0.2) is 35.9 Å². The van der Waals surface area contributed by atoms with Crippen LogP contribution < -0.4 is 10.1 Å². The second-order valence-corrected chi connectivity index (χ2v) is 10.9. The number of aryl methyl sites for hydroxylation is 2. The summed E-state index contributed by atoms with van der Waals surface area (Å²) in [5.41, 5.74) is 4.85. The highest BCUT2D eigenvalue weighted by Crippen LogP contribution is 2.26. The van der Waals surface area contributed by atoms with E-state index in [9.17, 15) is 9.59 Å². The van der Waals surface area contributed by atoms with Crippen LogP contribution in [-0.2, 0) is 22.6 Å². The number of ether oxygens (including phenoxy) is 1. The number of carbonyl (C=O) groups is 2. The van der Waals surface area contributed by atoms with Crippen molar-refractivity contribution in [1.29, 1.82) is 0 Å². The molecule has 2 amide bonds. The van der Waals surface area contributed by atoms with Gasteiger partial charge in [-0.05, 0) is 72.7 Å². The maximum atomic E-state index is 13.8. The first-order valence-electron chi connectivity index (χ1n) is 12.8. The Morgan fingerprint density at radius 1 is 0.921 bits per heavy atom. The van der Waals surface area contributed by atoms with Crippen LogP contribution in [0, 0.1) is 26.7 Å². The predicted octanol–water partition coefficient (Wildman–Crippen LogP) is 6.71. The molecule has 0 aliphatic rings. The number of rotatable bonds is 11. The first-order valence-corrected chi connectivity index (χ1v) is 13.6. The van der Waals surface area contributed by atoms with Gasteiger partial charge in [0.1, 0.15) is 11.8 Å². The molecule has 0 aliphatic heterocycles. The van der Waals surface area contributed by atoms with Gasteiger partial charge in [0.25, 0.3) is 5.91 Å². The number of nitrogens with zero attached hydrogens (tertiary/aromatic N) is 1. The average molecular weight is 556 g/mol. The summed E-state index contributed by atoms with van der Waals surface area (Å²) in [6.07, 6.45) is 0.362. The molecule has 3 aromatic carbocycles. The SMILES string of the molecule is Cc1cc(C)c(C)c(OCC(=O)N(Cc2ccc(Cl)c(Cl)c2)[C@@H](Cc2ccccc2)C(=O)NCC(C)C)c1. The summed E-state index contributed by atoms with van der Waals surface area (Å²) < 4.78 is 6.03. The monoisotopic (exact) mass is 554 g/mol. The van der Waals surface area contributed by atoms with Crippen molar-refractivity contribution < 1.29 is 14.3 Å². The van der Waals surface area contributed by atoms with E-state index in [2.05, 4.69) is 11.4 Å². The number of hydrogen-bond acceptors (Lipinski definition) is 3. The summed E-state index contributed by atoms with van der Waals surface area (Å²) in [5, 5.41) is 3.84. The Kier molecular flexibility index (Phi) is 10.6. The maximum absolute atomic E-state index is 13.8. The Morgan fingerprint density at radius 2 is 1.63 bits per heavy atom. The van der Waals surface area contributed by atoms with Crippen molar-refractivity contribution >= 4 is 35.0 Å². The lowest BCUT2D eigenvalue weighted by Gasteiger charge is -2.32. The van der Waals surface area contributed by atoms with Gasteiger partial charge in [0, 0.05) is 19.5 Å². The minimum atomic E-state index is -0.748. The molecule has 38 heavy (non-hydrogen) atoms. The highest BCUT2D eigenvalue weighted by molar-refractivity contribution is 6.42. The highest BCUT2D eigenvalue weighted by Gasteiger charge is 2.31. The molecule has 1 N–H and O–H groups in total. The molecule has 0 aromatic heterocycles. The lowest BCUT2D eigenvalue weighted by atomic mass is 10.0. The number of nitrogens with one attached hydrogen (secondary N) is 1. The molecule has 3 aromatic rings. The number of halogens is 2. The number of amides is 2. The Labute approximate surface area is 236 Å². The second-order valence-electron chi connectivity index (χ2n) is 10.1. The van der Waals surface area contributed by atoms with Gasteiger partial charge in [0.2, 0.25) is 5.91 Å². The van der Waals surface area contributed by atoms with E-state index in [0.29, 0.717) is 28.8 Å². The molecule has 0 heterocycles. The predicted molar refractivity (Wildman–Crippen MR) is 155 cm³/mol. The zero-order valence-electron chi connectivity index (χ0n) is 22.7. The summed E-state index contributed by atoms with van der Waals surface area (Å²) in [5.74, 6) is 0.425. The Balaban J connectivity index is 1.95. The fourth-order valence-electron chi connectivity index (χ4n) is 4.18. The van der Waals surface area contributed by atoms with Crippen molar-refractivity contribution in [3.63, 3.8) is 0 Å². The molecule has 202 valence electrons. The van der Waals surface area contributed by atoms with Gasteiger partial charge >= 0.3 is 0 Å². The largest absolute Gasteiger partial charge is 0.483 e. The summed E-state index contributed by atoms with van der Waals surface area (Å²) >= 11 is 12.4. The minimum absolute atomic E-state index is 0.178. The average Bonchev–Trinajstić information content (AvgIpc) is 2.88. The van der Waals surface area contributed by atoms with Crippen molar-refractivity contribution in [2.75, 3.05) is 13.2 Å². The van der Waals surface area contributed by atoms with Crippen LogP contribution in [0.2, 0.25) is 10.0 Å². The third-order valence-electron chi connectivity index (χ3n) is 6.41. The molecule has 0 bridgehead atoms. The summed E-state index contributed by atoms with van der Waals surface area (Å²) in [6.45, 7) is 10.5. The molecule has 3 rings (SSSR count). The molecule has 5 nitrogen and oxygen atoms in total. The molecule has 0 aliphatic carbocycles. The molecule has 1 atom stereocenters. The van der Waals surface area contributed by atoms with Crippen molar-refractivity contribution in [2.45, 2.75) is 53.6 Å². The van der Waals surface area contributed by atoms with Crippen LogP contribution in [0.25, 0.3) is 0 Å². The molecular formula is C31H36Cl2N2O3. The van der Waals surface area contributed by atoms with Crippen molar-refractivity contribution in [1.82, 2.24) is 10.2 Å². The molecule has 0 radical (unpaired) electrons. The minimum Gasteiger partial charge on any atom is -0.483 e. The number of hydrogen-bond donors (Lipinski definition) is 1. The smallest absolute Gasteiger partial charge is 0.261 e. The van der Waals surface area contributed by atoms with Gasteiger partial charge in [-0.25, -0.2) is 0 Å². The summed E-state index contributed by atoms with van der Waals surface area (Å²) in [7, 11) is 0. The van der Waals surface area contributed by atoms with Gasteiger partial charge < -0.3 is 15.0 Å². The van der Waals surface area contributed by atoms with Crippen molar-refractivity contribution in [3.8, 4) is 5.75 Å². The van der Waals surface area contributed by atoms with Crippen molar-refractivity contribution in [3.05, 3.63) is 98.5 Å². The standard InChI is InChI=1S/C31H36Cl2N2O3/c1-20(2)17-34-31(37)28(16-24-9-7-6-8-10-24)35(18-25-11-12-26(32)27(33)15-25)30(36)19-38-29-14-21(3)13-22(4)23(29)5/h6-15,20,28H,16-19H2,1-5H3,(H,34,37)/t28-/m0/s1. The lowest BCUT2D eigenvalue weighted by Crippen LogP contribution is -2.52. The number of benzene rings is 3. The van der Waals surface area contributed by atoms with Crippen LogP contribution in [0.4, 0.5) is 0 Å². The third-order valence-corrected chi connectivity index (χ3v) is 7.15. The molecule has 0 saturated carbocycles. The Bertz CT molecular complexity index is 1260. The van der Waals surface area contributed by atoms with Crippen LogP contribution in [0.5, 0.6) is 5.75 Å². The van der Waals surface area contributed by atoms with E-state index < -0.39 is 6.04 Å². The van der Waals surface area contributed by atoms with Gasteiger partial charge in [-0.1, -0.05) is 79.5 Å². The Morgan fingerprint density at radius 3 is 2.29 bits per heavy atom. The number of carbonyl (C=O) groups excluding carboxylic acids is 2. The second kappa shape index (κ2) is 13.7. The van der Waals surface area contributed by atoms with Gasteiger partial charge in [0.05, 0.1) is 10.0 Å². The quantitative estimate of drug-likeness (QED) is 0.286. The fraction of sp³-hybridized carbons (Fsp3) is 0.355. The van der Waals surface area contributed by atoms with Crippen LogP contribution in [0.3, 0.4) is 0 Å². The van der Waals surface area contributed by atoms with Crippen LogP contribution in [0.1, 0.15) is 41.7 Å². The normalized spacial score (nSPS) is 11.8. The molecular weight excluding hydrogens is 519 g/mol. The molecule has 0 unspecified atom stereocenters. The van der Waals surface area contributed by atoms with Gasteiger partial charge in [-0.3, -0.25) is 9.59 Å². The lowest BCUT2D eigenvalue weighted by molar-refractivity contribution is -0.142. The van der Waals surface area contributed by atoms with E-state index in [4.69, 9.17) is 27.9 Å². The Hall–Kier alpha value is -3.02. The van der Waals surface area contributed by atoms with Gasteiger partial charge in [0.15, 0.2) is 6.61 Å². The van der Waals surface area contributed by atoms with Gasteiger partial charge in [-0.2, -0.15) is 0 Å². The van der Waals surface area contributed by atoms with E-state index in [0.717, 1.165) is 27.8 Å². The summed E-state index contributed by atoms with van der Waals surface area (Å²) in [6, 6.07) is 18.2. The molecule has 0 fully saturated rings. The zero-order valence-corrected chi connectivity index (χ0v) is 24.2. The molecule has 0 spiro atoms. The van der Waals surface area contributed by atoms with E-state index in [1.165, 1.54) is 0 Å². The van der Waals surface area contributed by atoms with Gasteiger partial charge in [-0.15, -0.1) is 0 Å². The highest BCUT2D eigenvalue weighted by atomic mass is 35.5. The fourth-order valence-corrected chi connectivity index (χ4v) is 4.50. The molecule has 0 saturated heterocycles. The molecule has 7 heteroatoms. The first kappa shape index (κ1) is 29.5. The van der Waals surface area contributed by atoms with Crippen LogP contribution in [0.15, 0.2) is 60.7 Å². The van der Waals surface area contributed by atoms with Crippen molar-refractivity contribution in [2.24, 2.45) is 5.92 Å². The van der Waals surface area contributed by atoms with Crippen LogP contribution >= 0.6 is 23.2 Å². The van der Waals surface area contributed by atoms with E-state index >= 15 is 0 Å². The zero-order chi connectivity index (χ0) is 27.8. The first-order chi connectivity index (χ1) is 18.0. The van der Waals surface area contributed by atoms with E-state index in [-0.39, 0.29) is 30.9 Å². The van der Waals surface area contributed by atoms with E-state index in [1.54, 1.807) is 17.0 Å². The summed E-state index contributed by atoms with van der Waals surface area (Å²) in [4.78, 5) is 28.9. The maximum Gasteiger partial charge on any atom is 0.261 e. The van der Waals surface area contributed by atoms with E-state index in [1.807, 2.05) is 77.1 Å². The third kappa shape index (κ3) is 8.24. The topological polar surface area (TPSA) is 58.6 Å².